The van der Waals surface area contributed by atoms with Crippen molar-refractivity contribution in [1.29, 1.82) is 0 Å². The lowest BCUT2D eigenvalue weighted by Gasteiger charge is -2.16. The number of nitrogens with zero attached hydrogens (tertiary/aromatic N) is 2. The van der Waals surface area contributed by atoms with E-state index in [4.69, 9.17) is 0 Å². The van der Waals surface area contributed by atoms with Crippen molar-refractivity contribution in [2.24, 2.45) is 5.92 Å². The van der Waals surface area contributed by atoms with E-state index < -0.39 is 0 Å². The average molecular weight is 226 g/mol. The van der Waals surface area contributed by atoms with Gasteiger partial charge in [0.05, 0.1) is 18.1 Å². The van der Waals surface area contributed by atoms with Crippen molar-refractivity contribution in [2.75, 3.05) is 7.11 Å². The van der Waals surface area contributed by atoms with E-state index in [2.05, 4.69) is 14.7 Å². The van der Waals surface area contributed by atoms with Gasteiger partial charge < -0.3 is 4.74 Å². The highest BCUT2D eigenvalue weighted by atomic mass is 32.2. The minimum absolute atomic E-state index is 0.132. The second-order valence-electron chi connectivity index (χ2n) is 3.18. The Balaban J connectivity index is 2.56. The zero-order chi connectivity index (χ0) is 11.3. The van der Waals surface area contributed by atoms with Crippen molar-refractivity contribution in [3.8, 4) is 0 Å². The van der Waals surface area contributed by atoms with Crippen LogP contribution in [0.5, 0.6) is 0 Å². The Labute approximate surface area is 93.5 Å². The van der Waals surface area contributed by atoms with Gasteiger partial charge in [0.1, 0.15) is 6.33 Å². The highest BCUT2D eigenvalue weighted by molar-refractivity contribution is 7.99. The first-order valence-electron chi connectivity index (χ1n) is 4.65. The molecule has 0 saturated heterocycles. The van der Waals surface area contributed by atoms with Crippen LogP contribution >= 0.6 is 11.8 Å². The number of rotatable bonds is 4. The number of ether oxygens (including phenoxy) is 1. The molecule has 0 fully saturated rings. The molecule has 2 unspecified atom stereocenters. The highest BCUT2D eigenvalue weighted by Crippen LogP contribution is 2.26. The fourth-order valence-corrected chi connectivity index (χ4v) is 1.96. The average Bonchev–Trinajstić information content (AvgIpc) is 2.28. The summed E-state index contributed by atoms with van der Waals surface area (Å²) in [7, 11) is 1.40. The summed E-state index contributed by atoms with van der Waals surface area (Å²) in [5, 5.41) is 1.00. The lowest BCUT2D eigenvalue weighted by Crippen LogP contribution is -2.22. The number of hydrogen-bond acceptors (Lipinski definition) is 5. The van der Waals surface area contributed by atoms with Crippen LogP contribution in [-0.4, -0.2) is 28.3 Å². The molecule has 0 bridgehead atoms. The molecular weight excluding hydrogens is 212 g/mol. The molecule has 1 rings (SSSR count). The molecule has 0 N–H and O–H groups in total. The summed E-state index contributed by atoms with van der Waals surface area (Å²) >= 11 is 1.54. The van der Waals surface area contributed by atoms with Gasteiger partial charge in [-0.05, 0) is 6.07 Å². The maximum Gasteiger partial charge on any atom is 0.309 e. The Hall–Kier alpha value is -1.10. The highest BCUT2D eigenvalue weighted by Gasteiger charge is 2.21. The van der Waals surface area contributed by atoms with Crippen LogP contribution in [-0.2, 0) is 9.53 Å². The molecule has 0 aliphatic heterocycles. The van der Waals surface area contributed by atoms with E-state index in [-0.39, 0.29) is 17.1 Å². The number of aromatic nitrogens is 2. The van der Waals surface area contributed by atoms with E-state index in [1.807, 2.05) is 19.9 Å². The number of carbonyl (C=O) groups excluding carboxylic acids is 1. The molecule has 4 nitrogen and oxygen atoms in total. The fraction of sp³-hybridized carbons (Fsp3) is 0.500. The molecular formula is C10H14N2O2S. The fourth-order valence-electron chi connectivity index (χ4n) is 1.02. The Bertz CT molecular complexity index is 318. The van der Waals surface area contributed by atoms with Crippen LogP contribution in [0.3, 0.4) is 0 Å². The second-order valence-corrected chi connectivity index (χ2v) is 4.58. The molecule has 0 spiro atoms. The summed E-state index contributed by atoms with van der Waals surface area (Å²) in [5.74, 6) is -0.334. The van der Waals surface area contributed by atoms with Crippen molar-refractivity contribution in [2.45, 2.75) is 24.1 Å². The summed E-state index contributed by atoms with van der Waals surface area (Å²) in [6, 6.07) is 1.82. The van der Waals surface area contributed by atoms with Gasteiger partial charge in [-0.1, -0.05) is 13.8 Å². The first-order chi connectivity index (χ1) is 7.15. The Morgan fingerprint density at radius 2 is 2.27 bits per heavy atom. The van der Waals surface area contributed by atoms with E-state index in [1.165, 1.54) is 13.4 Å². The number of hydrogen-bond donors (Lipinski definition) is 0. The summed E-state index contributed by atoms with van der Waals surface area (Å²) < 4.78 is 4.69. The molecule has 5 heteroatoms. The minimum atomic E-state index is -0.191. The minimum Gasteiger partial charge on any atom is -0.469 e. The molecule has 2 atom stereocenters. The molecule has 0 aliphatic rings. The van der Waals surface area contributed by atoms with E-state index in [9.17, 15) is 4.79 Å². The summed E-state index contributed by atoms with van der Waals surface area (Å²) in [6.45, 7) is 3.83. The van der Waals surface area contributed by atoms with Crippen LogP contribution in [0.15, 0.2) is 23.6 Å². The number of esters is 1. The standard InChI is InChI=1S/C10H14N2O2S/c1-7(10(13)14-3)8(2)15-9-4-5-11-6-12-9/h4-8H,1-3H3. The van der Waals surface area contributed by atoms with Gasteiger partial charge in [-0.15, -0.1) is 11.8 Å². The Morgan fingerprint density at radius 1 is 1.53 bits per heavy atom. The molecule has 1 aromatic heterocycles. The van der Waals surface area contributed by atoms with Crippen molar-refractivity contribution >= 4 is 17.7 Å². The van der Waals surface area contributed by atoms with Gasteiger partial charge in [-0.3, -0.25) is 4.79 Å². The lowest BCUT2D eigenvalue weighted by molar-refractivity contribution is -0.144. The zero-order valence-electron chi connectivity index (χ0n) is 9.01. The van der Waals surface area contributed by atoms with E-state index >= 15 is 0 Å². The van der Waals surface area contributed by atoms with Crippen molar-refractivity contribution in [3.63, 3.8) is 0 Å². The van der Waals surface area contributed by atoms with E-state index in [1.54, 1.807) is 18.0 Å². The SMILES string of the molecule is COC(=O)C(C)C(C)Sc1ccncn1. The maximum atomic E-state index is 11.3. The molecule has 15 heavy (non-hydrogen) atoms. The van der Waals surface area contributed by atoms with Crippen LogP contribution in [0.2, 0.25) is 0 Å². The lowest BCUT2D eigenvalue weighted by atomic mass is 10.1. The molecule has 0 saturated carbocycles. The van der Waals surface area contributed by atoms with Gasteiger partial charge in [0.2, 0.25) is 0 Å². The van der Waals surface area contributed by atoms with E-state index in [0.29, 0.717) is 0 Å². The summed E-state index contributed by atoms with van der Waals surface area (Å²) in [5.41, 5.74) is 0. The van der Waals surface area contributed by atoms with Gasteiger partial charge in [0.15, 0.2) is 0 Å². The van der Waals surface area contributed by atoms with Gasteiger partial charge in [-0.2, -0.15) is 0 Å². The van der Waals surface area contributed by atoms with Crippen LogP contribution in [0.1, 0.15) is 13.8 Å². The maximum absolute atomic E-state index is 11.3. The van der Waals surface area contributed by atoms with Crippen LogP contribution < -0.4 is 0 Å². The van der Waals surface area contributed by atoms with Crippen molar-refractivity contribution in [1.82, 2.24) is 9.97 Å². The Kier molecular flexibility index (Phi) is 4.55. The molecule has 0 aromatic carbocycles. The number of methoxy groups -OCH3 is 1. The van der Waals surface area contributed by atoms with Crippen LogP contribution in [0, 0.1) is 5.92 Å². The third kappa shape index (κ3) is 3.51. The normalized spacial score (nSPS) is 14.3. The predicted octanol–water partition coefficient (Wildman–Crippen LogP) is 1.77. The Morgan fingerprint density at radius 3 is 2.80 bits per heavy atom. The molecule has 1 aromatic rings. The van der Waals surface area contributed by atoms with Crippen molar-refractivity contribution < 1.29 is 9.53 Å². The molecule has 0 amide bonds. The third-order valence-electron chi connectivity index (χ3n) is 2.14. The molecule has 82 valence electrons. The topological polar surface area (TPSA) is 52.1 Å². The van der Waals surface area contributed by atoms with Crippen LogP contribution in [0.25, 0.3) is 0 Å². The zero-order valence-corrected chi connectivity index (χ0v) is 9.82. The van der Waals surface area contributed by atoms with E-state index in [0.717, 1.165) is 5.03 Å². The predicted molar refractivity (Wildman–Crippen MR) is 58.5 cm³/mol. The largest absolute Gasteiger partial charge is 0.469 e. The summed E-state index contributed by atoms with van der Waals surface area (Å²) in [6.07, 6.45) is 3.18. The van der Waals surface area contributed by atoms with Gasteiger partial charge in [0.25, 0.3) is 0 Å². The first-order valence-corrected chi connectivity index (χ1v) is 5.53. The smallest absolute Gasteiger partial charge is 0.309 e. The van der Waals surface area contributed by atoms with Crippen LogP contribution in [0.4, 0.5) is 0 Å². The van der Waals surface area contributed by atoms with Crippen molar-refractivity contribution in [3.05, 3.63) is 18.6 Å². The molecule has 0 aliphatic carbocycles. The molecule has 1 heterocycles. The third-order valence-corrected chi connectivity index (χ3v) is 3.40. The summed E-state index contributed by atoms with van der Waals surface area (Å²) in [4.78, 5) is 19.2. The second kappa shape index (κ2) is 5.70. The quantitative estimate of drug-likeness (QED) is 0.445. The van der Waals surface area contributed by atoms with Gasteiger partial charge >= 0.3 is 5.97 Å². The monoisotopic (exact) mass is 226 g/mol. The molecule has 0 radical (unpaired) electrons. The van der Waals surface area contributed by atoms with Gasteiger partial charge in [-0.25, -0.2) is 9.97 Å². The number of carbonyl (C=O) groups is 1. The first kappa shape index (κ1) is 12.0. The number of thioether (sulfide) groups is 1. The van der Waals surface area contributed by atoms with Gasteiger partial charge in [0, 0.05) is 11.4 Å².